The minimum Gasteiger partial charge on any atom is -0.496 e. The maximum absolute atomic E-state index is 6.07. The Kier molecular flexibility index (Phi) is 7.76. The Morgan fingerprint density at radius 3 is 2.52 bits per heavy atom. The minimum atomic E-state index is 0.0502. The lowest BCUT2D eigenvalue weighted by Crippen LogP contribution is -2.49. The molecule has 0 aliphatic rings. The second kappa shape index (κ2) is 9.06. The molecule has 1 rings (SSSR count). The Bertz CT molecular complexity index is 408. The summed E-state index contributed by atoms with van der Waals surface area (Å²) in [5.74, 6) is 0.953. The smallest absolute Gasteiger partial charge is 0.123 e. The third kappa shape index (κ3) is 5.33. The van der Waals surface area contributed by atoms with Gasteiger partial charge in [0.15, 0.2) is 0 Å². The SMILES string of the molecule is CCCCCCC(C)(CN)N(C)Cc1ccccc1OC. The van der Waals surface area contributed by atoms with E-state index in [4.69, 9.17) is 10.5 Å². The number of nitrogens with two attached hydrogens (primary N) is 1. The van der Waals surface area contributed by atoms with Crippen molar-refractivity contribution in [2.75, 3.05) is 20.7 Å². The molecule has 1 unspecified atom stereocenters. The molecule has 0 bridgehead atoms. The van der Waals surface area contributed by atoms with Crippen molar-refractivity contribution in [3.63, 3.8) is 0 Å². The van der Waals surface area contributed by atoms with Crippen molar-refractivity contribution in [2.45, 2.75) is 58.0 Å². The molecule has 3 nitrogen and oxygen atoms in total. The average Bonchev–Trinajstić information content (AvgIpc) is 2.51. The summed E-state index contributed by atoms with van der Waals surface area (Å²) >= 11 is 0. The predicted molar refractivity (Wildman–Crippen MR) is 90.7 cm³/mol. The van der Waals surface area contributed by atoms with Crippen LogP contribution in [0.15, 0.2) is 24.3 Å². The summed E-state index contributed by atoms with van der Waals surface area (Å²) in [6.07, 6.45) is 6.29. The van der Waals surface area contributed by atoms with Crippen molar-refractivity contribution in [1.29, 1.82) is 0 Å². The van der Waals surface area contributed by atoms with Crippen molar-refractivity contribution >= 4 is 0 Å². The summed E-state index contributed by atoms with van der Waals surface area (Å²) in [7, 11) is 3.89. The molecule has 0 aliphatic carbocycles. The molecule has 0 aliphatic heterocycles. The molecule has 0 saturated carbocycles. The zero-order chi connectivity index (χ0) is 15.7. The number of benzene rings is 1. The Labute approximate surface area is 130 Å². The zero-order valence-electron chi connectivity index (χ0n) is 14.2. The molecule has 1 aromatic rings. The van der Waals surface area contributed by atoms with Crippen LogP contribution in [0, 0.1) is 0 Å². The van der Waals surface area contributed by atoms with Crippen LogP contribution in [0.25, 0.3) is 0 Å². The molecule has 0 heterocycles. The van der Waals surface area contributed by atoms with Crippen LogP contribution in [-0.4, -0.2) is 31.1 Å². The molecule has 1 atom stereocenters. The number of likely N-dealkylation sites (N-methyl/N-ethyl adjacent to an activating group) is 1. The van der Waals surface area contributed by atoms with Gasteiger partial charge < -0.3 is 10.5 Å². The highest BCUT2D eigenvalue weighted by Gasteiger charge is 2.27. The number of rotatable bonds is 10. The Hall–Kier alpha value is -1.06. The predicted octanol–water partition coefficient (Wildman–Crippen LogP) is 3.81. The van der Waals surface area contributed by atoms with Crippen LogP contribution in [0.3, 0.4) is 0 Å². The van der Waals surface area contributed by atoms with Gasteiger partial charge in [-0.1, -0.05) is 50.8 Å². The summed E-state index contributed by atoms with van der Waals surface area (Å²) in [5.41, 5.74) is 7.34. The molecular formula is C18H32N2O. The molecule has 3 heteroatoms. The van der Waals surface area contributed by atoms with Gasteiger partial charge in [0.1, 0.15) is 5.75 Å². The molecule has 2 N–H and O–H groups in total. The average molecular weight is 292 g/mol. The second-order valence-corrected chi connectivity index (χ2v) is 6.18. The number of ether oxygens (including phenoxy) is 1. The molecule has 120 valence electrons. The molecule has 0 aromatic heterocycles. The van der Waals surface area contributed by atoms with E-state index in [1.807, 2.05) is 12.1 Å². The molecule has 0 amide bonds. The van der Waals surface area contributed by atoms with Crippen LogP contribution >= 0.6 is 0 Å². The summed E-state index contributed by atoms with van der Waals surface area (Å²) in [6.45, 7) is 6.07. The third-order valence-corrected chi connectivity index (χ3v) is 4.53. The van der Waals surface area contributed by atoms with Crippen molar-refractivity contribution in [2.24, 2.45) is 5.73 Å². The molecule has 1 aromatic carbocycles. The lowest BCUT2D eigenvalue weighted by molar-refractivity contribution is 0.121. The van der Waals surface area contributed by atoms with Crippen LogP contribution in [0.2, 0.25) is 0 Å². The van der Waals surface area contributed by atoms with Crippen molar-refractivity contribution in [1.82, 2.24) is 4.90 Å². The fraction of sp³-hybridized carbons (Fsp3) is 0.667. The van der Waals surface area contributed by atoms with E-state index in [0.29, 0.717) is 6.54 Å². The highest BCUT2D eigenvalue weighted by molar-refractivity contribution is 5.33. The molecule has 21 heavy (non-hydrogen) atoms. The highest BCUT2D eigenvalue weighted by Crippen LogP contribution is 2.26. The minimum absolute atomic E-state index is 0.0502. The second-order valence-electron chi connectivity index (χ2n) is 6.18. The first-order chi connectivity index (χ1) is 10.1. The van der Waals surface area contributed by atoms with Crippen LogP contribution in [0.4, 0.5) is 0 Å². The van der Waals surface area contributed by atoms with Gasteiger partial charge in [-0.2, -0.15) is 0 Å². The Morgan fingerprint density at radius 1 is 1.19 bits per heavy atom. The van der Waals surface area contributed by atoms with Gasteiger partial charge in [0.25, 0.3) is 0 Å². The van der Waals surface area contributed by atoms with Gasteiger partial charge in [-0.3, -0.25) is 4.90 Å². The lowest BCUT2D eigenvalue weighted by atomic mass is 9.92. The Morgan fingerprint density at radius 2 is 1.90 bits per heavy atom. The first-order valence-electron chi connectivity index (χ1n) is 8.10. The van der Waals surface area contributed by atoms with Gasteiger partial charge in [-0.05, 0) is 26.5 Å². The lowest BCUT2D eigenvalue weighted by Gasteiger charge is -2.38. The molecule has 0 saturated heterocycles. The Balaban J connectivity index is 2.66. The topological polar surface area (TPSA) is 38.5 Å². The number of nitrogens with zero attached hydrogens (tertiary/aromatic N) is 1. The molecule has 0 fully saturated rings. The number of methoxy groups -OCH3 is 1. The van der Waals surface area contributed by atoms with Crippen LogP contribution in [-0.2, 0) is 6.54 Å². The van der Waals surface area contributed by atoms with Crippen LogP contribution < -0.4 is 10.5 Å². The van der Waals surface area contributed by atoms with Gasteiger partial charge >= 0.3 is 0 Å². The maximum atomic E-state index is 6.07. The van der Waals surface area contributed by atoms with Crippen LogP contribution in [0.5, 0.6) is 5.75 Å². The van der Waals surface area contributed by atoms with Gasteiger partial charge in [-0.15, -0.1) is 0 Å². The van der Waals surface area contributed by atoms with E-state index >= 15 is 0 Å². The molecule has 0 spiro atoms. The summed E-state index contributed by atoms with van der Waals surface area (Å²) in [4.78, 5) is 2.37. The number of hydrogen-bond acceptors (Lipinski definition) is 3. The summed E-state index contributed by atoms with van der Waals surface area (Å²) in [6, 6.07) is 8.22. The number of unbranched alkanes of at least 4 members (excludes halogenated alkanes) is 3. The van der Waals surface area contributed by atoms with Gasteiger partial charge in [-0.25, -0.2) is 0 Å². The summed E-state index contributed by atoms with van der Waals surface area (Å²) < 4.78 is 5.45. The van der Waals surface area contributed by atoms with Gasteiger partial charge in [0.2, 0.25) is 0 Å². The van der Waals surface area contributed by atoms with Crippen molar-refractivity contribution in [3.8, 4) is 5.75 Å². The fourth-order valence-electron chi connectivity index (χ4n) is 2.66. The van der Waals surface area contributed by atoms with Crippen molar-refractivity contribution in [3.05, 3.63) is 29.8 Å². The first kappa shape index (κ1) is 18.0. The zero-order valence-corrected chi connectivity index (χ0v) is 14.2. The van der Waals surface area contributed by atoms with Crippen molar-refractivity contribution < 1.29 is 4.74 Å². The number of para-hydroxylation sites is 1. The van der Waals surface area contributed by atoms with E-state index in [1.165, 1.54) is 31.2 Å². The maximum Gasteiger partial charge on any atom is 0.123 e. The summed E-state index contributed by atoms with van der Waals surface area (Å²) in [5, 5.41) is 0. The van der Waals surface area contributed by atoms with E-state index in [2.05, 4.69) is 37.9 Å². The first-order valence-corrected chi connectivity index (χ1v) is 8.10. The molecular weight excluding hydrogens is 260 g/mol. The van der Waals surface area contributed by atoms with Gasteiger partial charge in [0.05, 0.1) is 7.11 Å². The third-order valence-electron chi connectivity index (χ3n) is 4.53. The van der Waals surface area contributed by atoms with E-state index in [-0.39, 0.29) is 5.54 Å². The molecule has 0 radical (unpaired) electrons. The van der Waals surface area contributed by atoms with E-state index in [1.54, 1.807) is 7.11 Å². The number of hydrogen-bond donors (Lipinski definition) is 1. The quantitative estimate of drug-likeness (QED) is 0.666. The van der Waals surface area contributed by atoms with E-state index in [0.717, 1.165) is 18.7 Å². The largest absolute Gasteiger partial charge is 0.496 e. The highest BCUT2D eigenvalue weighted by atomic mass is 16.5. The fourth-order valence-corrected chi connectivity index (χ4v) is 2.66. The van der Waals surface area contributed by atoms with E-state index < -0.39 is 0 Å². The van der Waals surface area contributed by atoms with Crippen LogP contribution in [0.1, 0.15) is 51.5 Å². The monoisotopic (exact) mass is 292 g/mol. The standard InChI is InChI=1S/C18H32N2O/c1-5-6-7-10-13-18(2,15-19)20(3)14-16-11-8-9-12-17(16)21-4/h8-9,11-12H,5-7,10,13-15,19H2,1-4H3. The van der Waals surface area contributed by atoms with E-state index in [9.17, 15) is 0 Å². The van der Waals surface area contributed by atoms with Gasteiger partial charge in [0, 0.05) is 24.2 Å². The normalized spacial score (nSPS) is 14.2.